The zero-order valence-corrected chi connectivity index (χ0v) is 12.2. The molecule has 0 amide bonds. The van der Waals surface area contributed by atoms with Gasteiger partial charge in [-0.1, -0.05) is 30.3 Å². The Bertz CT molecular complexity index is 709. The summed E-state index contributed by atoms with van der Waals surface area (Å²) in [5.74, 6) is 1.62. The normalized spacial score (nSPS) is 12.4. The summed E-state index contributed by atoms with van der Waals surface area (Å²) >= 11 is 0. The standard InChI is InChI=1S/C18H19NO3/c20-16(11-19-12-18-6-3-9-21-18)13-22-17-8-7-14-4-1-2-5-15(14)10-17/h1-10,16,19-20H,11-13H2. The lowest BCUT2D eigenvalue weighted by Gasteiger charge is -2.13. The molecular weight excluding hydrogens is 278 g/mol. The maximum Gasteiger partial charge on any atom is 0.120 e. The molecule has 22 heavy (non-hydrogen) atoms. The highest BCUT2D eigenvalue weighted by molar-refractivity contribution is 5.83. The molecule has 0 aliphatic rings. The van der Waals surface area contributed by atoms with E-state index in [1.165, 1.54) is 5.39 Å². The van der Waals surface area contributed by atoms with Crippen molar-refractivity contribution < 1.29 is 14.3 Å². The minimum absolute atomic E-state index is 0.253. The van der Waals surface area contributed by atoms with Gasteiger partial charge in [0.15, 0.2) is 0 Å². The first-order valence-electron chi connectivity index (χ1n) is 7.34. The van der Waals surface area contributed by atoms with Crippen molar-refractivity contribution in [3.05, 3.63) is 66.6 Å². The third-order valence-corrected chi connectivity index (χ3v) is 3.42. The molecule has 1 unspecified atom stereocenters. The lowest BCUT2D eigenvalue weighted by Crippen LogP contribution is -2.31. The number of furan rings is 1. The second-order valence-electron chi connectivity index (χ2n) is 5.18. The molecule has 4 nitrogen and oxygen atoms in total. The van der Waals surface area contributed by atoms with Crippen LogP contribution in [0.2, 0.25) is 0 Å². The van der Waals surface area contributed by atoms with E-state index >= 15 is 0 Å². The third kappa shape index (κ3) is 3.87. The van der Waals surface area contributed by atoms with Crippen LogP contribution in [0, 0.1) is 0 Å². The van der Waals surface area contributed by atoms with Crippen molar-refractivity contribution in [3.8, 4) is 5.75 Å². The first-order chi connectivity index (χ1) is 10.8. The van der Waals surface area contributed by atoms with Gasteiger partial charge in [-0.2, -0.15) is 0 Å². The molecule has 0 aliphatic heterocycles. The Hall–Kier alpha value is -2.30. The molecule has 0 spiro atoms. The van der Waals surface area contributed by atoms with Gasteiger partial charge in [0.05, 0.1) is 12.8 Å². The highest BCUT2D eigenvalue weighted by Gasteiger charge is 2.06. The highest BCUT2D eigenvalue weighted by Crippen LogP contribution is 2.20. The number of rotatable bonds is 7. The van der Waals surface area contributed by atoms with Gasteiger partial charge < -0.3 is 19.6 Å². The molecule has 0 fully saturated rings. The number of hydrogen-bond acceptors (Lipinski definition) is 4. The molecular formula is C18H19NO3. The zero-order chi connectivity index (χ0) is 15.2. The third-order valence-electron chi connectivity index (χ3n) is 3.42. The van der Waals surface area contributed by atoms with Crippen molar-refractivity contribution in [1.29, 1.82) is 0 Å². The van der Waals surface area contributed by atoms with E-state index in [4.69, 9.17) is 9.15 Å². The molecule has 0 saturated carbocycles. The predicted octanol–water partition coefficient (Wildman–Crippen LogP) is 2.96. The average Bonchev–Trinajstić information content (AvgIpc) is 3.06. The fourth-order valence-corrected chi connectivity index (χ4v) is 2.28. The van der Waals surface area contributed by atoms with Gasteiger partial charge in [0.1, 0.15) is 24.2 Å². The number of aliphatic hydroxyl groups excluding tert-OH is 1. The topological polar surface area (TPSA) is 54.6 Å². The van der Waals surface area contributed by atoms with Crippen LogP contribution in [-0.2, 0) is 6.54 Å². The van der Waals surface area contributed by atoms with Gasteiger partial charge in [0, 0.05) is 6.54 Å². The van der Waals surface area contributed by atoms with Crippen molar-refractivity contribution >= 4 is 10.8 Å². The van der Waals surface area contributed by atoms with Crippen LogP contribution in [0.3, 0.4) is 0 Å². The molecule has 2 N–H and O–H groups in total. The van der Waals surface area contributed by atoms with Crippen LogP contribution in [0.5, 0.6) is 5.75 Å². The largest absolute Gasteiger partial charge is 0.491 e. The van der Waals surface area contributed by atoms with Gasteiger partial charge in [-0.25, -0.2) is 0 Å². The summed E-state index contributed by atoms with van der Waals surface area (Å²) in [6.45, 7) is 1.30. The van der Waals surface area contributed by atoms with Crippen molar-refractivity contribution in [1.82, 2.24) is 5.32 Å². The van der Waals surface area contributed by atoms with Crippen molar-refractivity contribution in [2.75, 3.05) is 13.2 Å². The number of hydrogen-bond donors (Lipinski definition) is 2. The molecule has 4 heteroatoms. The van der Waals surface area contributed by atoms with Crippen molar-refractivity contribution in [2.24, 2.45) is 0 Å². The van der Waals surface area contributed by atoms with Crippen LogP contribution in [0.4, 0.5) is 0 Å². The van der Waals surface area contributed by atoms with Gasteiger partial charge in [0.25, 0.3) is 0 Å². The molecule has 114 valence electrons. The van der Waals surface area contributed by atoms with E-state index in [0.717, 1.165) is 16.9 Å². The minimum atomic E-state index is -0.568. The van der Waals surface area contributed by atoms with Gasteiger partial charge in [0.2, 0.25) is 0 Å². The Morgan fingerprint density at radius 3 is 2.73 bits per heavy atom. The summed E-state index contributed by atoms with van der Waals surface area (Å²) in [5.41, 5.74) is 0. The molecule has 1 atom stereocenters. The second kappa shape index (κ2) is 7.11. The lowest BCUT2D eigenvalue weighted by atomic mass is 10.1. The molecule has 0 radical (unpaired) electrons. The summed E-state index contributed by atoms with van der Waals surface area (Å²) in [5, 5.41) is 15.4. The van der Waals surface area contributed by atoms with E-state index in [1.807, 2.05) is 48.5 Å². The number of aliphatic hydroxyl groups is 1. The van der Waals surface area contributed by atoms with Gasteiger partial charge in [-0.3, -0.25) is 0 Å². The first-order valence-corrected chi connectivity index (χ1v) is 7.34. The smallest absolute Gasteiger partial charge is 0.120 e. The van der Waals surface area contributed by atoms with Crippen molar-refractivity contribution in [2.45, 2.75) is 12.6 Å². The van der Waals surface area contributed by atoms with E-state index in [-0.39, 0.29) is 6.61 Å². The summed E-state index contributed by atoms with van der Waals surface area (Å²) in [7, 11) is 0. The Kier molecular flexibility index (Phi) is 4.73. The van der Waals surface area contributed by atoms with Crippen LogP contribution in [0.25, 0.3) is 10.8 Å². The maximum absolute atomic E-state index is 9.93. The zero-order valence-electron chi connectivity index (χ0n) is 12.2. The Morgan fingerprint density at radius 2 is 1.91 bits per heavy atom. The number of nitrogens with one attached hydrogen (secondary N) is 1. The van der Waals surface area contributed by atoms with Crippen LogP contribution < -0.4 is 10.1 Å². The Labute approximate surface area is 129 Å². The number of ether oxygens (including phenoxy) is 1. The monoisotopic (exact) mass is 297 g/mol. The Balaban J connectivity index is 1.46. The molecule has 0 bridgehead atoms. The SMILES string of the molecule is OC(CNCc1ccco1)COc1ccc2ccccc2c1. The summed E-state index contributed by atoms with van der Waals surface area (Å²) in [4.78, 5) is 0. The fraction of sp³-hybridized carbons (Fsp3) is 0.222. The number of fused-ring (bicyclic) bond motifs is 1. The molecule has 1 heterocycles. The second-order valence-corrected chi connectivity index (χ2v) is 5.18. The number of benzene rings is 2. The van der Waals surface area contributed by atoms with Crippen LogP contribution in [0.1, 0.15) is 5.76 Å². The maximum atomic E-state index is 9.93. The van der Waals surface area contributed by atoms with Gasteiger partial charge >= 0.3 is 0 Å². The van der Waals surface area contributed by atoms with E-state index < -0.39 is 6.10 Å². The highest BCUT2D eigenvalue weighted by atomic mass is 16.5. The Morgan fingerprint density at radius 1 is 1.05 bits per heavy atom. The van der Waals surface area contributed by atoms with Crippen LogP contribution >= 0.6 is 0 Å². The fourth-order valence-electron chi connectivity index (χ4n) is 2.28. The molecule has 3 rings (SSSR count). The van der Waals surface area contributed by atoms with E-state index in [2.05, 4.69) is 11.4 Å². The van der Waals surface area contributed by atoms with Crippen molar-refractivity contribution in [3.63, 3.8) is 0 Å². The summed E-state index contributed by atoms with van der Waals surface area (Å²) in [6, 6.07) is 17.8. The van der Waals surface area contributed by atoms with E-state index in [1.54, 1.807) is 6.26 Å². The van der Waals surface area contributed by atoms with Crippen LogP contribution in [0.15, 0.2) is 65.3 Å². The van der Waals surface area contributed by atoms with E-state index in [0.29, 0.717) is 13.1 Å². The van der Waals surface area contributed by atoms with E-state index in [9.17, 15) is 5.11 Å². The predicted molar refractivity (Wildman–Crippen MR) is 85.9 cm³/mol. The summed E-state index contributed by atoms with van der Waals surface area (Å²) in [6.07, 6.45) is 1.07. The minimum Gasteiger partial charge on any atom is -0.491 e. The van der Waals surface area contributed by atoms with Gasteiger partial charge in [-0.05, 0) is 35.0 Å². The van der Waals surface area contributed by atoms with Crippen LogP contribution in [-0.4, -0.2) is 24.4 Å². The molecule has 0 saturated heterocycles. The lowest BCUT2D eigenvalue weighted by molar-refractivity contribution is 0.106. The summed E-state index contributed by atoms with van der Waals surface area (Å²) < 4.78 is 10.9. The molecule has 1 aromatic heterocycles. The molecule has 0 aliphatic carbocycles. The average molecular weight is 297 g/mol. The van der Waals surface area contributed by atoms with Gasteiger partial charge in [-0.15, -0.1) is 0 Å². The molecule has 3 aromatic rings. The molecule has 2 aromatic carbocycles. The first kappa shape index (κ1) is 14.6. The quantitative estimate of drug-likeness (QED) is 0.704.